The van der Waals surface area contributed by atoms with Gasteiger partial charge in [0, 0.05) is 24.7 Å². The summed E-state index contributed by atoms with van der Waals surface area (Å²) >= 11 is 0. The molecular formula is C22H19F3N2O3. The number of anilines is 1. The molecule has 0 unspecified atom stereocenters. The van der Waals surface area contributed by atoms with E-state index in [4.69, 9.17) is 9.84 Å². The molecule has 1 aliphatic heterocycles. The fourth-order valence-corrected chi connectivity index (χ4v) is 3.39. The molecule has 0 fully saturated rings. The van der Waals surface area contributed by atoms with Gasteiger partial charge in [0.05, 0.1) is 29.2 Å². The Labute approximate surface area is 171 Å². The van der Waals surface area contributed by atoms with Crippen molar-refractivity contribution in [3.05, 3.63) is 71.4 Å². The van der Waals surface area contributed by atoms with Crippen molar-refractivity contribution in [1.29, 1.82) is 0 Å². The number of hydrogen-bond donors (Lipinski definition) is 2. The number of rotatable bonds is 3. The van der Waals surface area contributed by atoms with Gasteiger partial charge in [0.2, 0.25) is 0 Å². The first-order valence-electron chi connectivity index (χ1n) is 9.25. The van der Waals surface area contributed by atoms with Gasteiger partial charge in [-0.1, -0.05) is 6.07 Å². The molecule has 2 heterocycles. The summed E-state index contributed by atoms with van der Waals surface area (Å²) in [7, 11) is 1.71. The summed E-state index contributed by atoms with van der Waals surface area (Å²) in [5.41, 5.74) is 2.13. The highest BCUT2D eigenvalue weighted by Gasteiger charge is 2.32. The predicted octanol–water partition coefficient (Wildman–Crippen LogP) is 4.54. The van der Waals surface area contributed by atoms with Gasteiger partial charge in [-0.25, -0.2) is 4.98 Å². The van der Waals surface area contributed by atoms with Crippen LogP contribution in [0.2, 0.25) is 0 Å². The number of aliphatic hydroxyl groups is 2. The summed E-state index contributed by atoms with van der Waals surface area (Å²) < 4.78 is 45.2. The number of fused-ring (bicyclic) bond motifs is 2. The topological polar surface area (TPSA) is 65.8 Å². The maximum atomic E-state index is 13.1. The Balaban J connectivity index is 1.70. The Morgan fingerprint density at radius 1 is 1.10 bits per heavy atom. The van der Waals surface area contributed by atoms with Crippen LogP contribution in [-0.4, -0.2) is 28.9 Å². The van der Waals surface area contributed by atoms with Crippen LogP contribution in [0.3, 0.4) is 0 Å². The van der Waals surface area contributed by atoms with Crippen LogP contribution in [0.5, 0.6) is 11.5 Å². The number of halogens is 3. The molecule has 0 bridgehead atoms. The molecule has 2 N–H and O–H groups in total. The maximum Gasteiger partial charge on any atom is 0.416 e. The molecule has 0 aliphatic carbocycles. The van der Waals surface area contributed by atoms with Crippen molar-refractivity contribution < 1.29 is 28.1 Å². The lowest BCUT2D eigenvalue weighted by Gasteiger charge is -2.19. The van der Waals surface area contributed by atoms with E-state index in [1.165, 1.54) is 6.07 Å². The van der Waals surface area contributed by atoms with Gasteiger partial charge in [-0.15, -0.1) is 0 Å². The second kappa shape index (κ2) is 7.62. The van der Waals surface area contributed by atoms with Gasteiger partial charge < -0.3 is 19.8 Å². The number of hydrogen-bond acceptors (Lipinski definition) is 5. The number of benzene rings is 2. The Hall–Kier alpha value is -3.10. The molecule has 1 aliphatic rings. The van der Waals surface area contributed by atoms with Crippen molar-refractivity contribution >= 4 is 5.69 Å². The first kappa shape index (κ1) is 20.2. The van der Waals surface area contributed by atoms with Crippen molar-refractivity contribution in [3.8, 4) is 22.8 Å². The van der Waals surface area contributed by atoms with Crippen LogP contribution in [0.1, 0.15) is 22.9 Å². The molecule has 0 saturated heterocycles. The Bertz CT molecular complexity index is 1090. The monoisotopic (exact) mass is 416 g/mol. The summed E-state index contributed by atoms with van der Waals surface area (Å²) in [6, 6.07) is 14.0. The molecule has 0 spiro atoms. The molecule has 1 atom stereocenters. The molecule has 5 nitrogen and oxygen atoms in total. The highest BCUT2D eigenvalue weighted by molar-refractivity contribution is 5.67. The van der Waals surface area contributed by atoms with Gasteiger partial charge >= 0.3 is 6.18 Å². The smallest absolute Gasteiger partial charge is 0.416 e. The fourth-order valence-electron chi connectivity index (χ4n) is 3.39. The Kier molecular flexibility index (Phi) is 5.13. The quantitative estimate of drug-likeness (QED) is 0.657. The van der Waals surface area contributed by atoms with Gasteiger partial charge in [0.25, 0.3) is 0 Å². The van der Waals surface area contributed by atoms with Crippen LogP contribution in [0.4, 0.5) is 18.9 Å². The lowest BCUT2D eigenvalue weighted by atomic mass is 10.1. The van der Waals surface area contributed by atoms with Crippen LogP contribution >= 0.6 is 0 Å². The lowest BCUT2D eigenvalue weighted by molar-refractivity contribution is -0.137. The standard InChI is InChI=1S/C22H19F3N2O3/c1-27-11-14-9-13(16-3-2-4-17(26-16)19(29)12-28)5-7-20(14)30-21-8-6-15(10-18(21)27)22(23,24)25/h2-10,19,28-29H,11-12H2,1H3/t19-/m1/s1. The SMILES string of the molecule is CN1Cc2cc(-c3cccc([C@H](O)CO)n3)ccc2Oc2ccc(C(F)(F)F)cc21. The molecule has 1 aromatic heterocycles. The number of alkyl halides is 3. The third-order valence-corrected chi connectivity index (χ3v) is 4.97. The van der Waals surface area contributed by atoms with Gasteiger partial charge in [-0.2, -0.15) is 13.2 Å². The summed E-state index contributed by atoms with van der Waals surface area (Å²) in [5.74, 6) is 0.902. The van der Waals surface area contributed by atoms with Crippen molar-refractivity contribution in [2.24, 2.45) is 0 Å². The predicted molar refractivity (Wildman–Crippen MR) is 105 cm³/mol. The van der Waals surface area contributed by atoms with E-state index in [0.717, 1.165) is 23.3 Å². The zero-order chi connectivity index (χ0) is 21.5. The zero-order valence-electron chi connectivity index (χ0n) is 16.0. The van der Waals surface area contributed by atoms with Gasteiger partial charge in [0.1, 0.15) is 11.9 Å². The number of nitrogens with zero attached hydrogens (tertiary/aromatic N) is 2. The molecule has 8 heteroatoms. The molecule has 4 rings (SSSR count). The van der Waals surface area contributed by atoms with Gasteiger partial charge in [0.15, 0.2) is 5.75 Å². The third-order valence-electron chi connectivity index (χ3n) is 4.97. The summed E-state index contributed by atoms with van der Waals surface area (Å²) in [6.45, 7) is -0.0894. The van der Waals surface area contributed by atoms with E-state index in [2.05, 4.69) is 4.98 Å². The normalized spacial score (nSPS) is 14.4. The van der Waals surface area contributed by atoms with Crippen LogP contribution < -0.4 is 9.64 Å². The second-order valence-electron chi connectivity index (χ2n) is 7.11. The minimum absolute atomic E-state index is 0.344. The van der Waals surface area contributed by atoms with E-state index < -0.39 is 24.5 Å². The number of ether oxygens (including phenoxy) is 1. The molecule has 30 heavy (non-hydrogen) atoms. The van der Waals surface area contributed by atoms with E-state index in [9.17, 15) is 18.3 Å². The van der Waals surface area contributed by atoms with E-state index in [1.54, 1.807) is 42.3 Å². The number of pyridine rings is 1. The highest BCUT2D eigenvalue weighted by atomic mass is 19.4. The fraction of sp³-hybridized carbons (Fsp3) is 0.227. The average molecular weight is 416 g/mol. The van der Waals surface area contributed by atoms with E-state index >= 15 is 0 Å². The van der Waals surface area contributed by atoms with Crippen molar-refractivity contribution in [3.63, 3.8) is 0 Å². The average Bonchev–Trinajstić information content (AvgIpc) is 2.87. The third kappa shape index (κ3) is 3.83. The molecule has 0 amide bonds. The maximum absolute atomic E-state index is 13.1. The first-order chi connectivity index (χ1) is 14.3. The first-order valence-corrected chi connectivity index (χ1v) is 9.25. The van der Waals surface area contributed by atoms with Crippen LogP contribution in [0, 0.1) is 0 Å². The number of aromatic nitrogens is 1. The molecular weight excluding hydrogens is 397 g/mol. The molecule has 0 saturated carbocycles. The second-order valence-corrected chi connectivity index (χ2v) is 7.11. The van der Waals surface area contributed by atoms with Crippen molar-refractivity contribution in [1.82, 2.24) is 4.98 Å². The largest absolute Gasteiger partial charge is 0.455 e. The van der Waals surface area contributed by atoms with Crippen molar-refractivity contribution in [2.75, 3.05) is 18.6 Å². The van der Waals surface area contributed by atoms with Gasteiger partial charge in [-0.3, -0.25) is 0 Å². The minimum atomic E-state index is -4.43. The van der Waals surface area contributed by atoms with E-state index in [-0.39, 0.29) is 0 Å². The molecule has 2 aromatic carbocycles. The van der Waals surface area contributed by atoms with E-state index in [0.29, 0.717) is 35.1 Å². The van der Waals surface area contributed by atoms with Crippen LogP contribution in [0.15, 0.2) is 54.6 Å². The zero-order valence-corrected chi connectivity index (χ0v) is 16.0. The number of aliphatic hydroxyl groups excluding tert-OH is 2. The van der Waals surface area contributed by atoms with Crippen LogP contribution in [-0.2, 0) is 12.7 Å². The summed E-state index contributed by atoms with van der Waals surface area (Å²) in [6.07, 6.45) is -5.50. The highest BCUT2D eigenvalue weighted by Crippen LogP contribution is 2.42. The summed E-state index contributed by atoms with van der Waals surface area (Å²) in [4.78, 5) is 6.10. The molecule has 156 valence electrons. The lowest BCUT2D eigenvalue weighted by Crippen LogP contribution is -2.16. The van der Waals surface area contributed by atoms with Crippen LogP contribution in [0.25, 0.3) is 11.3 Å². The minimum Gasteiger partial charge on any atom is -0.455 e. The Morgan fingerprint density at radius 3 is 2.60 bits per heavy atom. The van der Waals surface area contributed by atoms with E-state index in [1.807, 2.05) is 6.07 Å². The van der Waals surface area contributed by atoms with Gasteiger partial charge in [-0.05, 0) is 48.5 Å². The Morgan fingerprint density at radius 2 is 1.87 bits per heavy atom. The molecule has 3 aromatic rings. The molecule has 0 radical (unpaired) electrons. The van der Waals surface area contributed by atoms with Crippen molar-refractivity contribution in [2.45, 2.75) is 18.8 Å². The summed E-state index contributed by atoms with van der Waals surface area (Å²) in [5, 5.41) is 19.0.